The topological polar surface area (TPSA) is 74.5 Å². The maximum atomic E-state index is 11.7. The molecular formula is C18H17N3O2. The van der Waals surface area contributed by atoms with Crippen LogP contribution in [0.3, 0.4) is 0 Å². The van der Waals surface area contributed by atoms with Gasteiger partial charge in [0.25, 0.3) is 5.91 Å². The number of amides is 1. The minimum absolute atomic E-state index is 0.204. The molecule has 0 saturated carbocycles. The van der Waals surface area contributed by atoms with Gasteiger partial charge in [-0.15, -0.1) is 0 Å². The molecule has 0 aromatic heterocycles. The number of rotatable bonds is 6. The van der Waals surface area contributed by atoms with Crippen molar-refractivity contribution in [1.82, 2.24) is 5.43 Å². The lowest BCUT2D eigenvalue weighted by molar-refractivity contribution is -0.123. The Kier molecular flexibility index (Phi) is 5.89. The van der Waals surface area contributed by atoms with Gasteiger partial charge in [0.15, 0.2) is 6.61 Å². The molecule has 116 valence electrons. The number of nitriles is 1. The van der Waals surface area contributed by atoms with Gasteiger partial charge in [-0.1, -0.05) is 43.3 Å². The van der Waals surface area contributed by atoms with Crippen molar-refractivity contribution in [1.29, 1.82) is 5.26 Å². The van der Waals surface area contributed by atoms with Crippen LogP contribution in [0.5, 0.6) is 5.75 Å². The van der Waals surface area contributed by atoms with Crippen LogP contribution >= 0.6 is 0 Å². The van der Waals surface area contributed by atoms with Crippen LogP contribution < -0.4 is 10.2 Å². The van der Waals surface area contributed by atoms with Gasteiger partial charge < -0.3 is 4.74 Å². The lowest BCUT2D eigenvalue weighted by Crippen LogP contribution is -2.24. The molecule has 0 heterocycles. The van der Waals surface area contributed by atoms with E-state index in [2.05, 4.69) is 17.5 Å². The summed E-state index contributed by atoms with van der Waals surface area (Å²) in [6, 6.07) is 16.7. The first kappa shape index (κ1) is 16.2. The third-order valence-corrected chi connectivity index (χ3v) is 3.16. The summed E-state index contributed by atoms with van der Waals surface area (Å²) in [5.74, 6) is -0.0107. The molecule has 2 aromatic carbocycles. The molecule has 0 radical (unpaired) electrons. The number of nitrogens with zero attached hydrogens (tertiary/aromatic N) is 2. The highest BCUT2D eigenvalue weighted by Crippen LogP contribution is 2.16. The molecule has 1 N–H and O–H groups in total. The van der Waals surface area contributed by atoms with Crippen molar-refractivity contribution in [2.45, 2.75) is 13.3 Å². The second-order valence-corrected chi connectivity index (χ2v) is 4.78. The average molecular weight is 307 g/mol. The molecule has 1 amide bonds. The Morgan fingerprint density at radius 2 is 2.00 bits per heavy atom. The number of hydrogen-bond acceptors (Lipinski definition) is 4. The lowest BCUT2D eigenvalue weighted by Gasteiger charge is -2.06. The third-order valence-electron chi connectivity index (χ3n) is 3.16. The maximum Gasteiger partial charge on any atom is 0.277 e. The van der Waals surface area contributed by atoms with Crippen LogP contribution in [-0.4, -0.2) is 18.7 Å². The Bertz CT molecular complexity index is 731. The van der Waals surface area contributed by atoms with Gasteiger partial charge in [-0.05, 0) is 29.7 Å². The minimum atomic E-state index is -0.390. The van der Waals surface area contributed by atoms with Gasteiger partial charge in [-0.2, -0.15) is 10.4 Å². The lowest BCUT2D eigenvalue weighted by atomic mass is 10.1. The molecule has 0 saturated heterocycles. The molecule has 0 aliphatic heterocycles. The minimum Gasteiger partial charge on any atom is -0.482 e. The molecule has 0 unspecified atom stereocenters. The Morgan fingerprint density at radius 1 is 1.26 bits per heavy atom. The van der Waals surface area contributed by atoms with Crippen LogP contribution in [0.2, 0.25) is 0 Å². The Hall–Kier alpha value is -3.13. The van der Waals surface area contributed by atoms with E-state index < -0.39 is 0 Å². The highest BCUT2D eigenvalue weighted by Gasteiger charge is 2.05. The van der Waals surface area contributed by atoms with Crippen molar-refractivity contribution in [3.63, 3.8) is 0 Å². The van der Waals surface area contributed by atoms with E-state index in [0.29, 0.717) is 11.3 Å². The van der Waals surface area contributed by atoms with Crippen LogP contribution in [0.25, 0.3) is 0 Å². The first-order valence-corrected chi connectivity index (χ1v) is 7.25. The van der Waals surface area contributed by atoms with Crippen LogP contribution in [0.4, 0.5) is 0 Å². The summed E-state index contributed by atoms with van der Waals surface area (Å²) < 4.78 is 5.31. The quantitative estimate of drug-likeness (QED) is 0.658. The molecule has 0 aliphatic rings. The van der Waals surface area contributed by atoms with E-state index in [1.54, 1.807) is 30.5 Å². The van der Waals surface area contributed by atoms with Gasteiger partial charge >= 0.3 is 0 Å². The van der Waals surface area contributed by atoms with Crippen LogP contribution in [-0.2, 0) is 11.2 Å². The van der Waals surface area contributed by atoms with Gasteiger partial charge in [0.2, 0.25) is 0 Å². The smallest absolute Gasteiger partial charge is 0.277 e. The Balaban J connectivity index is 1.83. The van der Waals surface area contributed by atoms with E-state index in [-0.39, 0.29) is 12.5 Å². The number of para-hydroxylation sites is 1. The second kappa shape index (κ2) is 8.35. The number of nitrogens with one attached hydrogen (secondary N) is 1. The summed E-state index contributed by atoms with van der Waals surface area (Å²) in [5.41, 5.74) is 4.93. The van der Waals surface area contributed by atoms with Crippen molar-refractivity contribution in [2.24, 2.45) is 5.10 Å². The Labute approximate surface area is 135 Å². The molecule has 23 heavy (non-hydrogen) atoms. The van der Waals surface area contributed by atoms with Crippen LogP contribution in [0.15, 0.2) is 53.6 Å². The van der Waals surface area contributed by atoms with Crippen LogP contribution in [0.1, 0.15) is 23.6 Å². The predicted octanol–water partition coefficient (Wildman–Crippen LogP) is 2.65. The number of hydrazone groups is 1. The monoisotopic (exact) mass is 307 g/mol. The molecule has 0 fully saturated rings. The zero-order chi connectivity index (χ0) is 16.5. The molecule has 5 heteroatoms. The van der Waals surface area contributed by atoms with Crippen molar-refractivity contribution in [3.05, 3.63) is 65.2 Å². The van der Waals surface area contributed by atoms with E-state index in [0.717, 1.165) is 12.0 Å². The number of hydrogen-bond donors (Lipinski definition) is 1. The second-order valence-electron chi connectivity index (χ2n) is 4.78. The summed E-state index contributed by atoms with van der Waals surface area (Å²) in [6.07, 6.45) is 2.55. The van der Waals surface area contributed by atoms with E-state index in [9.17, 15) is 4.79 Å². The van der Waals surface area contributed by atoms with Gasteiger partial charge in [-0.25, -0.2) is 5.43 Å². The molecule has 0 spiro atoms. The highest BCUT2D eigenvalue weighted by molar-refractivity contribution is 5.82. The summed E-state index contributed by atoms with van der Waals surface area (Å²) >= 11 is 0. The molecule has 0 aliphatic carbocycles. The molecule has 5 nitrogen and oxygen atoms in total. The van der Waals surface area contributed by atoms with Gasteiger partial charge in [0.05, 0.1) is 11.8 Å². The van der Waals surface area contributed by atoms with Gasteiger partial charge in [0, 0.05) is 0 Å². The average Bonchev–Trinajstić information content (AvgIpc) is 2.60. The molecule has 2 rings (SSSR count). The first-order chi connectivity index (χ1) is 11.2. The molecule has 0 bridgehead atoms. The van der Waals surface area contributed by atoms with Crippen molar-refractivity contribution in [2.75, 3.05) is 6.61 Å². The Morgan fingerprint density at radius 3 is 2.70 bits per heavy atom. The van der Waals surface area contributed by atoms with E-state index in [1.807, 2.05) is 30.3 Å². The van der Waals surface area contributed by atoms with Crippen molar-refractivity contribution >= 4 is 12.1 Å². The number of benzene rings is 2. The fraction of sp³-hybridized carbons (Fsp3) is 0.167. The zero-order valence-electron chi connectivity index (χ0n) is 12.8. The molecule has 0 atom stereocenters. The number of carbonyl (C=O) groups excluding carboxylic acids is 1. The maximum absolute atomic E-state index is 11.7. The van der Waals surface area contributed by atoms with Crippen molar-refractivity contribution in [3.8, 4) is 11.8 Å². The fourth-order valence-electron chi connectivity index (χ4n) is 1.88. The molecular weight excluding hydrogens is 290 g/mol. The number of ether oxygens (including phenoxy) is 1. The first-order valence-electron chi connectivity index (χ1n) is 7.25. The molecule has 2 aromatic rings. The van der Waals surface area contributed by atoms with Gasteiger partial charge in [-0.3, -0.25) is 4.79 Å². The summed E-state index contributed by atoms with van der Waals surface area (Å²) in [4.78, 5) is 11.7. The van der Waals surface area contributed by atoms with E-state index >= 15 is 0 Å². The summed E-state index contributed by atoms with van der Waals surface area (Å²) in [6.45, 7) is 1.89. The zero-order valence-corrected chi connectivity index (χ0v) is 12.8. The van der Waals surface area contributed by atoms with Crippen LogP contribution in [0, 0.1) is 11.3 Å². The standard InChI is InChI=1S/C18H17N3O2/c1-2-14-7-9-15(10-8-14)12-20-21-18(22)13-23-17-6-4-3-5-16(17)11-19/h3-10,12H,2,13H2,1H3,(H,21,22)/b20-12-. The predicted molar refractivity (Wildman–Crippen MR) is 88.2 cm³/mol. The number of carbonyl (C=O) groups is 1. The summed E-state index contributed by atoms with van der Waals surface area (Å²) in [7, 11) is 0. The highest BCUT2D eigenvalue weighted by atomic mass is 16.5. The van der Waals surface area contributed by atoms with Gasteiger partial charge in [0.1, 0.15) is 11.8 Å². The fourth-order valence-corrected chi connectivity index (χ4v) is 1.88. The van der Waals surface area contributed by atoms with Crippen molar-refractivity contribution < 1.29 is 9.53 Å². The van der Waals surface area contributed by atoms with E-state index in [1.165, 1.54) is 5.56 Å². The normalized spacial score (nSPS) is 10.3. The summed E-state index contributed by atoms with van der Waals surface area (Å²) in [5, 5.41) is 12.8. The largest absolute Gasteiger partial charge is 0.482 e. The SMILES string of the molecule is CCc1ccc(/C=N\NC(=O)COc2ccccc2C#N)cc1. The number of aryl methyl sites for hydroxylation is 1. The third kappa shape index (κ3) is 4.97. The van der Waals surface area contributed by atoms with E-state index in [4.69, 9.17) is 10.00 Å².